The van der Waals surface area contributed by atoms with E-state index in [0.717, 1.165) is 0 Å². The summed E-state index contributed by atoms with van der Waals surface area (Å²) in [6.07, 6.45) is 1.58. The standard InChI is InChI=1S/C7H10N4O3/c8-6(10-13)1-3-9-7(12)5-2-4-14-11-5/h2,4,13H,1,3H2,(H2,8,10)(H,9,12). The average Bonchev–Trinajstić information content (AvgIpc) is 2.70. The summed E-state index contributed by atoms with van der Waals surface area (Å²) < 4.78 is 4.48. The molecule has 0 spiro atoms. The number of hydrogen-bond donors (Lipinski definition) is 3. The van der Waals surface area contributed by atoms with Gasteiger partial charge in [-0.2, -0.15) is 0 Å². The van der Waals surface area contributed by atoms with Crippen molar-refractivity contribution in [1.82, 2.24) is 10.5 Å². The number of nitrogens with one attached hydrogen (secondary N) is 1. The van der Waals surface area contributed by atoms with E-state index in [-0.39, 0.29) is 30.4 Å². The van der Waals surface area contributed by atoms with Gasteiger partial charge in [0.2, 0.25) is 0 Å². The first-order chi connectivity index (χ1) is 6.74. The van der Waals surface area contributed by atoms with E-state index in [2.05, 4.69) is 20.2 Å². The maximum atomic E-state index is 11.2. The zero-order valence-electron chi connectivity index (χ0n) is 7.30. The van der Waals surface area contributed by atoms with Gasteiger partial charge in [-0.15, -0.1) is 0 Å². The quantitative estimate of drug-likeness (QED) is 0.262. The van der Waals surface area contributed by atoms with E-state index in [9.17, 15) is 4.79 Å². The zero-order valence-corrected chi connectivity index (χ0v) is 7.30. The fourth-order valence-electron chi connectivity index (χ4n) is 0.774. The van der Waals surface area contributed by atoms with E-state index in [1.165, 1.54) is 12.3 Å². The number of amidine groups is 1. The number of nitrogens with two attached hydrogens (primary N) is 1. The Labute approximate surface area is 79.6 Å². The predicted molar refractivity (Wildman–Crippen MR) is 46.9 cm³/mol. The fourth-order valence-corrected chi connectivity index (χ4v) is 0.774. The van der Waals surface area contributed by atoms with Gasteiger partial charge in [0.1, 0.15) is 12.1 Å². The molecule has 0 radical (unpaired) electrons. The lowest BCUT2D eigenvalue weighted by Gasteiger charge is -2.00. The van der Waals surface area contributed by atoms with Crippen molar-refractivity contribution in [1.29, 1.82) is 0 Å². The molecule has 0 atom stereocenters. The van der Waals surface area contributed by atoms with E-state index in [4.69, 9.17) is 10.9 Å². The van der Waals surface area contributed by atoms with E-state index in [0.29, 0.717) is 0 Å². The fraction of sp³-hybridized carbons (Fsp3) is 0.286. The second-order valence-corrected chi connectivity index (χ2v) is 2.48. The molecule has 0 fully saturated rings. The van der Waals surface area contributed by atoms with Crippen LogP contribution < -0.4 is 11.1 Å². The first-order valence-electron chi connectivity index (χ1n) is 3.89. The summed E-state index contributed by atoms with van der Waals surface area (Å²) in [5.74, 6) is -0.296. The Balaban J connectivity index is 2.29. The van der Waals surface area contributed by atoms with Crippen LogP contribution in [0.3, 0.4) is 0 Å². The molecule has 0 bridgehead atoms. The molecular formula is C7H10N4O3. The third kappa shape index (κ3) is 2.77. The van der Waals surface area contributed by atoms with Gasteiger partial charge in [-0.3, -0.25) is 4.79 Å². The SMILES string of the molecule is NC(CCNC(=O)c1ccon1)=NO. The lowest BCUT2D eigenvalue weighted by molar-refractivity contribution is 0.0945. The van der Waals surface area contributed by atoms with Crippen molar-refractivity contribution in [3.63, 3.8) is 0 Å². The summed E-state index contributed by atoms with van der Waals surface area (Å²) >= 11 is 0. The average molecular weight is 198 g/mol. The summed E-state index contributed by atoms with van der Waals surface area (Å²) in [5, 5.41) is 16.9. The molecule has 14 heavy (non-hydrogen) atoms. The third-order valence-electron chi connectivity index (χ3n) is 1.47. The van der Waals surface area contributed by atoms with Crippen LogP contribution in [0, 0.1) is 0 Å². The molecule has 7 nitrogen and oxygen atoms in total. The highest BCUT2D eigenvalue weighted by atomic mass is 16.5. The number of hydrogen-bond acceptors (Lipinski definition) is 5. The van der Waals surface area contributed by atoms with Crippen molar-refractivity contribution in [2.45, 2.75) is 6.42 Å². The van der Waals surface area contributed by atoms with E-state index >= 15 is 0 Å². The van der Waals surface area contributed by atoms with Crippen LogP contribution in [0.25, 0.3) is 0 Å². The van der Waals surface area contributed by atoms with Crippen molar-refractivity contribution in [2.75, 3.05) is 6.54 Å². The number of oxime groups is 1. The van der Waals surface area contributed by atoms with Crippen LogP contribution in [-0.2, 0) is 0 Å². The van der Waals surface area contributed by atoms with E-state index in [1.54, 1.807) is 0 Å². The molecule has 0 unspecified atom stereocenters. The van der Waals surface area contributed by atoms with Gasteiger partial charge in [0, 0.05) is 19.0 Å². The minimum atomic E-state index is -0.357. The van der Waals surface area contributed by atoms with Gasteiger partial charge in [-0.25, -0.2) is 0 Å². The number of aromatic nitrogens is 1. The van der Waals surface area contributed by atoms with Crippen molar-refractivity contribution in [2.24, 2.45) is 10.9 Å². The van der Waals surface area contributed by atoms with Gasteiger partial charge in [0.25, 0.3) is 5.91 Å². The molecule has 1 aromatic heterocycles. The van der Waals surface area contributed by atoms with Crippen LogP contribution in [0.4, 0.5) is 0 Å². The number of nitrogens with zero attached hydrogens (tertiary/aromatic N) is 2. The van der Waals surface area contributed by atoms with Crippen molar-refractivity contribution in [3.05, 3.63) is 18.0 Å². The molecule has 0 saturated carbocycles. The highest BCUT2D eigenvalue weighted by Gasteiger charge is 2.07. The summed E-state index contributed by atoms with van der Waals surface area (Å²) in [6.45, 7) is 0.279. The smallest absolute Gasteiger partial charge is 0.273 e. The predicted octanol–water partition coefficient (Wildman–Crippen LogP) is -0.459. The van der Waals surface area contributed by atoms with Crippen LogP contribution in [0.5, 0.6) is 0 Å². The van der Waals surface area contributed by atoms with Gasteiger partial charge in [-0.1, -0.05) is 10.3 Å². The zero-order chi connectivity index (χ0) is 10.4. The van der Waals surface area contributed by atoms with Crippen LogP contribution in [0.1, 0.15) is 16.9 Å². The molecule has 0 aliphatic carbocycles. The monoisotopic (exact) mass is 198 g/mol. The molecule has 1 amide bonds. The number of amides is 1. The first kappa shape index (κ1) is 10.0. The number of carbonyl (C=O) groups excluding carboxylic acids is 1. The Hall–Kier alpha value is -2.05. The Morgan fingerprint density at radius 3 is 3.14 bits per heavy atom. The maximum Gasteiger partial charge on any atom is 0.273 e. The topological polar surface area (TPSA) is 114 Å². The Morgan fingerprint density at radius 2 is 2.57 bits per heavy atom. The lowest BCUT2D eigenvalue weighted by Crippen LogP contribution is -2.28. The normalized spacial score (nSPS) is 11.3. The highest BCUT2D eigenvalue weighted by molar-refractivity contribution is 5.92. The second-order valence-electron chi connectivity index (χ2n) is 2.48. The Morgan fingerprint density at radius 1 is 1.79 bits per heavy atom. The maximum absolute atomic E-state index is 11.2. The molecule has 0 aliphatic heterocycles. The van der Waals surface area contributed by atoms with Crippen molar-refractivity contribution in [3.8, 4) is 0 Å². The molecule has 0 aromatic carbocycles. The summed E-state index contributed by atoms with van der Waals surface area (Å²) in [6, 6.07) is 1.44. The van der Waals surface area contributed by atoms with Crippen LogP contribution >= 0.6 is 0 Å². The number of rotatable bonds is 4. The number of carbonyl (C=O) groups is 1. The molecular weight excluding hydrogens is 188 g/mol. The minimum Gasteiger partial charge on any atom is -0.409 e. The van der Waals surface area contributed by atoms with Gasteiger partial charge in [0.05, 0.1) is 0 Å². The second kappa shape index (κ2) is 4.85. The lowest BCUT2D eigenvalue weighted by atomic mass is 10.3. The van der Waals surface area contributed by atoms with Gasteiger partial charge in [-0.05, 0) is 0 Å². The largest absolute Gasteiger partial charge is 0.409 e. The van der Waals surface area contributed by atoms with Gasteiger partial charge < -0.3 is 20.8 Å². The van der Waals surface area contributed by atoms with Crippen LogP contribution in [0.2, 0.25) is 0 Å². The Bertz CT molecular complexity index is 320. The molecule has 4 N–H and O–H groups in total. The molecule has 1 heterocycles. The Kier molecular flexibility index (Phi) is 3.48. The van der Waals surface area contributed by atoms with E-state index in [1.807, 2.05) is 0 Å². The van der Waals surface area contributed by atoms with Crippen LogP contribution in [0.15, 0.2) is 22.0 Å². The highest BCUT2D eigenvalue weighted by Crippen LogP contribution is 1.93. The summed E-state index contributed by atoms with van der Waals surface area (Å²) in [7, 11) is 0. The molecule has 7 heteroatoms. The summed E-state index contributed by atoms with van der Waals surface area (Å²) in [4.78, 5) is 11.2. The van der Waals surface area contributed by atoms with Crippen LogP contribution in [-0.4, -0.2) is 28.7 Å². The molecule has 0 saturated heterocycles. The van der Waals surface area contributed by atoms with Crippen molar-refractivity contribution < 1.29 is 14.5 Å². The molecule has 1 rings (SSSR count). The molecule has 1 aromatic rings. The molecule has 0 aliphatic rings. The van der Waals surface area contributed by atoms with Crippen molar-refractivity contribution >= 4 is 11.7 Å². The summed E-state index contributed by atoms with van der Waals surface area (Å²) in [5.41, 5.74) is 5.39. The third-order valence-corrected chi connectivity index (χ3v) is 1.47. The van der Waals surface area contributed by atoms with Gasteiger partial charge >= 0.3 is 0 Å². The first-order valence-corrected chi connectivity index (χ1v) is 3.89. The molecule has 76 valence electrons. The van der Waals surface area contributed by atoms with Gasteiger partial charge in [0.15, 0.2) is 5.69 Å². The van der Waals surface area contributed by atoms with E-state index < -0.39 is 0 Å². The minimum absolute atomic E-state index is 0.0606.